The monoisotopic (exact) mass is 484 g/mol. The second-order valence-electron chi connectivity index (χ2n) is 7.31. The minimum atomic E-state index is -3.75. The van der Waals surface area contributed by atoms with Crippen LogP contribution in [0, 0.1) is 5.82 Å². The number of fused-ring (bicyclic) bond motifs is 1. The largest absolute Gasteiger partial charge is 0.490 e. The van der Waals surface area contributed by atoms with Crippen molar-refractivity contribution in [1.82, 2.24) is 9.21 Å². The Labute approximate surface area is 190 Å². The SMILES string of the molecule is O=C(COc1ccc(F)cc1Cl)N1CCN(S(=O)(=O)c2ccc3c(c2)OCCCO3)CC1. The number of ether oxygens (including phenoxy) is 3. The third-order valence-corrected chi connectivity index (χ3v) is 7.38. The Morgan fingerprint density at radius 3 is 2.47 bits per heavy atom. The van der Waals surface area contributed by atoms with Gasteiger partial charge in [0.2, 0.25) is 10.0 Å². The summed E-state index contributed by atoms with van der Waals surface area (Å²) in [5, 5.41) is 0.0730. The molecule has 0 aliphatic carbocycles. The summed E-state index contributed by atoms with van der Waals surface area (Å²) in [6, 6.07) is 8.23. The van der Waals surface area contributed by atoms with Crippen LogP contribution in [0.15, 0.2) is 41.3 Å². The fourth-order valence-corrected chi connectivity index (χ4v) is 5.11. The summed E-state index contributed by atoms with van der Waals surface area (Å²) in [6.45, 7) is 1.46. The van der Waals surface area contributed by atoms with Crippen molar-refractivity contribution in [2.45, 2.75) is 11.3 Å². The molecular weight excluding hydrogens is 463 g/mol. The van der Waals surface area contributed by atoms with E-state index >= 15 is 0 Å². The van der Waals surface area contributed by atoms with E-state index in [-0.39, 0.29) is 54.4 Å². The summed E-state index contributed by atoms with van der Waals surface area (Å²) in [5.41, 5.74) is 0. The molecule has 2 aromatic rings. The smallest absolute Gasteiger partial charge is 0.260 e. The van der Waals surface area contributed by atoms with Gasteiger partial charge in [0.15, 0.2) is 18.1 Å². The molecule has 1 amide bonds. The van der Waals surface area contributed by atoms with Gasteiger partial charge in [0, 0.05) is 38.7 Å². The van der Waals surface area contributed by atoms with Crippen molar-refractivity contribution in [3.8, 4) is 17.2 Å². The van der Waals surface area contributed by atoms with Crippen molar-refractivity contribution in [3.05, 3.63) is 47.2 Å². The first kappa shape index (κ1) is 22.6. The highest BCUT2D eigenvalue weighted by Gasteiger charge is 2.31. The molecule has 0 N–H and O–H groups in total. The lowest BCUT2D eigenvalue weighted by molar-refractivity contribution is -0.134. The van der Waals surface area contributed by atoms with E-state index in [1.54, 1.807) is 6.07 Å². The van der Waals surface area contributed by atoms with E-state index in [9.17, 15) is 17.6 Å². The number of rotatable bonds is 5. The molecule has 0 radical (unpaired) electrons. The highest BCUT2D eigenvalue weighted by atomic mass is 35.5. The number of benzene rings is 2. The molecule has 172 valence electrons. The van der Waals surface area contributed by atoms with Gasteiger partial charge < -0.3 is 19.1 Å². The molecule has 1 fully saturated rings. The maximum absolute atomic E-state index is 13.1. The summed E-state index contributed by atoms with van der Waals surface area (Å²) in [6.07, 6.45) is 0.726. The van der Waals surface area contributed by atoms with Gasteiger partial charge in [-0.15, -0.1) is 0 Å². The third kappa shape index (κ3) is 4.92. The van der Waals surface area contributed by atoms with Gasteiger partial charge in [-0.1, -0.05) is 11.6 Å². The summed E-state index contributed by atoms with van der Waals surface area (Å²) < 4.78 is 57.1. The standard InChI is InChI=1S/C21H22ClFN2O6S/c22-17-12-15(23)2-4-18(17)31-14-21(26)24-6-8-25(9-7-24)32(27,28)16-3-5-19-20(13-16)30-11-1-10-29-19/h2-5,12-13H,1,6-11,14H2. The fraction of sp³-hybridized carbons (Fsp3) is 0.381. The molecule has 1 saturated heterocycles. The van der Waals surface area contributed by atoms with E-state index in [2.05, 4.69) is 0 Å². The van der Waals surface area contributed by atoms with Crippen LogP contribution < -0.4 is 14.2 Å². The van der Waals surface area contributed by atoms with E-state index in [4.69, 9.17) is 25.8 Å². The molecule has 2 aliphatic heterocycles. The molecule has 0 atom stereocenters. The number of nitrogens with zero attached hydrogens (tertiary/aromatic N) is 2. The van der Waals surface area contributed by atoms with E-state index in [1.807, 2.05) is 0 Å². The van der Waals surface area contributed by atoms with Gasteiger partial charge >= 0.3 is 0 Å². The number of hydrogen-bond donors (Lipinski definition) is 0. The van der Waals surface area contributed by atoms with E-state index < -0.39 is 15.8 Å². The molecule has 0 saturated carbocycles. The lowest BCUT2D eigenvalue weighted by atomic mass is 10.3. The maximum atomic E-state index is 13.1. The quantitative estimate of drug-likeness (QED) is 0.648. The number of amides is 1. The molecule has 2 aliphatic rings. The minimum absolute atomic E-state index is 0.0730. The van der Waals surface area contributed by atoms with Crippen LogP contribution in [0.1, 0.15) is 6.42 Å². The van der Waals surface area contributed by atoms with Gasteiger partial charge in [0.25, 0.3) is 5.91 Å². The number of carbonyl (C=O) groups is 1. The predicted octanol–water partition coefficient (Wildman–Crippen LogP) is 2.55. The Morgan fingerprint density at radius 2 is 1.75 bits per heavy atom. The van der Waals surface area contributed by atoms with Gasteiger partial charge in [-0.25, -0.2) is 12.8 Å². The van der Waals surface area contributed by atoms with Crippen LogP contribution >= 0.6 is 11.6 Å². The maximum Gasteiger partial charge on any atom is 0.260 e. The van der Waals surface area contributed by atoms with Crippen LogP contribution in [-0.4, -0.2) is 69.5 Å². The molecule has 0 spiro atoms. The van der Waals surface area contributed by atoms with Gasteiger partial charge in [-0.2, -0.15) is 4.31 Å². The average Bonchev–Trinajstić information content (AvgIpc) is 3.03. The van der Waals surface area contributed by atoms with Crippen molar-refractivity contribution in [2.75, 3.05) is 46.0 Å². The molecule has 0 bridgehead atoms. The summed E-state index contributed by atoms with van der Waals surface area (Å²) in [5.74, 6) is 0.335. The van der Waals surface area contributed by atoms with E-state index in [0.717, 1.165) is 12.5 Å². The van der Waals surface area contributed by atoms with Crippen LogP contribution in [0.25, 0.3) is 0 Å². The van der Waals surface area contributed by atoms with E-state index in [1.165, 1.54) is 33.5 Å². The van der Waals surface area contributed by atoms with Crippen molar-refractivity contribution in [2.24, 2.45) is 0 Å². The molecule has 4 rings (SSSR count). The highest BCUT2D eigenvalue weighted by Crippen LogP contribution is 2.33. The number of halogens is 2. The lowest BCUT2D eigenvalue weighted by Gasteiger charge is -2.34. The van der Waals surface area contributed by atoms with Crippen LogP contribution in [0.4, 0.5) is 4.39 Å². The van der Waals surface area contributed by atoms with Crippen molar-refractivity contribution in [3.63, 3.8) is 0 Å². The minimum Gasteiger partial charge on any atom is -0.490 e. The van der Waals surface area contributed by atoms with Crippen molar-refractivity contribution < 1.29 is 31.8 Å². The molecule has 0 unspecified atom stereocenters. The Kier molecular flexibility index (Phi) is 6.73. The topological polar surface area (TPSA) is 85.4 Å². The normalized spacial score (nSPS) is 17.0. The van der Waals surface area contributed by atoms with E-state index in [0.29, 0.717) is 24.7 Å². The molecule has 0 aromatic heterocycles. The average molecular weight is 485 g/mol. The first-order valence-corrected chi connectivity index (χ1v) is 11.9. The molecule has 8 nitrogen and oxygen atoms in total. The van der Waals surface area contributed by atoms with Gasteiger partial charge in [-0.3, -0.25) is 4.79 Å². The first-order valence-electron chi connectivity index (χ1n) is 10.1. The zero-order valence-corrected chi connectivity index (χ0v) is 18.7. The van der Waals surface area contributed by atoms with Crippen LogP contribution in [0.5, 0.6) is 17.2 Å². The molecule has 32 heavy (non-hydrogen) atoms. The lowest BCUT2D eigenvalue weighted by Crippen LogP contribution is -2.51. The number of piperazine rings is 1. The van der Waals surface area contributed by atoms with Gasteiger partial charge in [0.1, 0.15) is 11.6 Å². The predicted molar refractivity (Wildman–Crippen MR) is 114 cm³/mol. The van der Waals surface area contributed by atoms with Gasteiger partial charge in [-0.05, 0) is 30.3 Å². The summed E-state index contributed by atoms with van der Waals surface area (Å²) in [4.78, 5) is 14.1. The molecular formula is C21H22ClFN2O6S. The van der Waals surface area contributed by atoms with Crippen molar-refractivity contribution >= 4 is 27.5 Å². The van der Waals surface area contributed by atoms with Crippen LogP contribution in [0.2, 0.25) is 5.02 Å². The zero-order valence-electron chi connectivity index (χ0n) is 17.1. The first-order chi connectivity index (χ1) is 15.3. The second kappa shape index (κ2) is 9.51. The fourth-order valence-electron chi connectivity index (χ4n) is 3.45. The van der Waals surface area contributed by atoms with Crippen LogP contribution in [-0.2, 0) is 14.8 Å². The Bertz CT molecular complexity index is 1110. The number of sulfonamides is 1. The Morgan fingerprint density at radius 1 is 1.03 bits per heavy atom. The Hall–Kier alpha value is -2.56. The van der Waals surface area contributed by atoms with Crippen LogP contribution in [0.3, 0.4) is 0 Å². The molecule has 2 aromatic carbocycles. The zero-order chi connectivity index (χ0) is 22.7. The molecule has 11 heteroatoms. The number of hydrogen-bond acceptors (Lipinski definition) is 6. The number of carbonyl (C=O) groups excluding carboxylic acids is 1. The summed E-state index contributed by atoms with van der Waals surface area (Å²) >= 11 is 5.90. The highest BCUT2D eigenvalue weighted by molar-refractivity contribution is 7.89. The second-order valence-corrected chi connectivity index (χ2v) is 9.65. The summed E-state index contributed by atoms with van der Waals surface area (Å²) in [7, 11) is -3.75. The van der Waals surface area contributed by atoms with Crippen molar-refractivity contribution in [1.29, 1.82) is 0 Å². The third-order valence-electron chi connectivity index (χ3n) is 5.19. The Balaban J connectivity index is 1.35. The molecule has 2 heterocycles. The van der Waals surface area contributed by atoms with Gasteiger partial charge in [0.05, 0.1) is 23.1 Å².